The lowest BCUT2D eigenvalue weighted by Gasteiger charge is -2.45. The van der Waals surface area contributed by atoms with Crippen LogP contribution in [0.3, 0.4) is 0 Å². The van der Waals surface area contributed by atoms with Gasteiger partial charge in [-0.15, -0.1) is 0 Å². The maximum absolute atomic E-state index is 3.51. The fourth-order valence-electron chi connectivity index (χ4n) is 2.48. The number of nitrogens with one attached hydrogen (secondary N) is 1. The minimum atomic E-state index is 0.457. The van der Waals surface area contributed by atoms with E-state index in [1.807, 2.05) is 0 Å². The predicted octanol–water partition coefficient (Wildman–Crippen LogP) is 1.78. The summed E-state index contributed by atoms with van der Waals surface area (Å²) < 4.78 is 0. The number of rotatable bonds is 3. The Balaban J connectivity index is 1.85. The third-order valence-corrected chi connectivity index (χ3v) is 3.89. The first kappa shape index (κ1) is 10.2. The van der Waals surface area contributed by atoms with Crippen molar-refractivity contribution in [2.45, 2.75) is 38.1 Å². The summed E-state index contributed by atoms with van der Waals surface area (Å²) in [7, 11) is 2.12. The molecule has 0 spiro atoms. The molecule has 2 nitrogen and oxygen atoms in total. The number of hydrogen-bond acceptors (Lipinski definition) is 2. The van der Waals surface area contributed by atoms with E-state index in [4.69, 9.17) is 0 Å². The second kappa shape index (κ2) is 4.03. The normalized spacial score (nSPS) is 26.9. The van der Waals surface area contributed by atoms with Crippen molar-refractivity contribution in [3.63, 3.8) is 0 Å². The average molecular weight is 194 g/mol. The van der Waals surface area contributed by atoms with Crippen LogP contribution >= 0.6 is 0 Å². The Hall–Kier alpha value is -0.340. The summed E-state index contributed by atoms with van der Waals surface area (Å²) in [5.74, 6) is 0. The maximum Gasteiger partial charge on any atom is 0.0306 e. The average Bonchev–Trinajstić information content (AvgIpc) is 2.15. The summed E-state index contributed by atoms with van der Waals surface area (Å²) in [5.41, 5.74) is 2.02. The Morgan fingerprint density at radius 3 is 2.71 bits per heavy atom. The first-order chi connectivity index (χ1) is 6.74. The standard InChI is InChI=1S/C12H22N2/c1-11-4-8-14(9-5-11)10-12(13-2)6-3-7-12/h4,13H,3,5-10H2,1-2H3. The molecule has 1 heterocycles. The third-order valence-electron chi connectivity index (χ3n) is 3.89. The first-order valence-electron chi connectivity index (χ1n) is 5.81. The predicted molar refractivity (Wildman–Crippen MR) is 60.5 cm³/mol. The van der Waals surface area contributed by atoms with Crippen LogP contribution in [-0.4, -0.2) is 37.1 Å². The summed E-state index contributed by atoms with van der Waals surface area (Å²) in [4.78, 5) is 2.59. The minimum Gasteiger partial charge on any atom is -0.313 e. The van der Waals surface area contributed by atoms with Crippen molar-refractivity contribution < 1.29 is 0 Å². The molecule has 1 saturated carbocycles. The molecule has 1 N–H and O–H groups in total. The second-order valence-corrected chi connectivity index (χ2v) is 4.92. The molecule has 0 bridgehead atoms. The van der Waals surface area contributed by atoms with Gasteiger partial charge in [0.25, 0.3) is 0 Å². The topological polar surface area (TPSA) is 15.3 Å². The Labute approximate surface area is 87.4 Å². The van der Waals surface area contributed by atoms with E-state index in [1.165, 1.54) is 38.8 Å². The Morgan fingerprint density at radius 1 is 1.50 bits per heavy atom. The van der Waals surface area contributed by atoms with Crippen molar-refractivity contribution in [3.05, 3.63) is 11.6 Å². The van der Waals surface area contributed by atoms with E-state index in [-0.39, 0.29) is 0 Å². The van der Waals surface area contributed by atoms with Crippen molar-refractivity contribution in [1.82, 2.24) is 10.2 Å². The Morgan fingerprint density at radius 2 is 2.29 bits per heavy atom. The van der Waals surface area contributed by atoms with Crippen molar-refractivity contribution in [1.29, 1.82) is 0 Å². The van der Waals surface area contributed by atoms with Crippen molar-refractivity contribution in [3.8, 4) is 0 Å². The molecule has 0 amide bonds. The number of hydrogen-bond donors (Lipinski definition) is 1. The second-order valence-electron chi connectivity index (χ2n) is 4.92. The molecule has 0 radical (unpaired) electrons. The van der Waals surface area contributed by atoms with E-state index in [2.05, 4.69) is 30.3 Å². The quantitative estimate of drug-likeness (QED) is 0.689. The molecular formula is C12H22N2. The van der Waals surface area contributed by atoms with Gasteiger partial charge in [-0.05, 0) is 39.7 Å². The summed E-state index contributed by atoms with van der Waals surface area (Å²) in [6.45, 7) is 5.91. The minimum absolute atomic E-state index is 0.457. The lowest BCUT2D eigenvalue weighted by Crippen LogP contribution is -2.57. The van der Waals surface area contributed by atoms with Crippen molar-refractivity contribution in [2.75, 3.05) is 26.7 Å². The van der Waals surface area contributed by atoms with Gasteiger partial charge in [0.2, 0.25) is 0 Å². The van der Waals surface area contributed by atoms with E-state index in [9.17, 15) is 0 Å². The highest BCUT2D eigenvalue weighted by molar-refractivity contribution is 5.06. The van der Waals surface area contributed by atoms with Crippen molar-refractivity contribution in [2.24, 2.45) is 0 Å². The van der Waals surface area contributed by atoms with Crippen LogP contribution < -0.4 is 5.32 Å². The van der Waals surface area contributed by atoms with E-state index in [0.29, 0.717) is 5.54 Å². The molecule has 2 heteroatoms. The molecule has 0 aromatic heterocycles. The van der Waals surface area contributed by atoms with Gasteiger partial charge in [-0.3, -0.25) is 4.90 Å². The van der Waals surface area contributed by atoms with Crippen LogP contribution in [0.4, 0.5) is 0 Å². The van der Waals surface area contributed by atoms with Crippen LogP contribution in [0, 0.1) is 0 Å². The van der Waals surface area contributed by atoms with E-state index < -0.39 is 0 Å². The lowest BCUT2D eigenvalue weighted by molar-refractivity contribution is 0.121. The summed E-state index contributed by atoms with van der Waals surface area (Å²) in [6.07, 6.45) is 7.78. The fourth-order valence-corrected chi connectivity index (χ4v) is 2.48. The van der Waals surface area contributed by atoms with Crippen LogP contribution in [0.15, 0.2) is 11.6 Å². The molecule has 1 aliphatic carbocycles. The first-order valence-corrected chi connectivity index (χ1v) is 5.81. The summed E-state index contributed by atoms with van der Waals surface area (Å²) in [5, 5.41) is 3.51. The van der Waals surface area contributed by atoms with Crippen LogP contribution in [-0.2, 0) is 0 Å². The van der Waals surface area contributed by atoms with E-state index >= 15 is 0 Å². The van der Waals surface area contributed by atoms with Gasteiger partial charge >= 0.3 is 0 Å². The Bertz CT molecular complexity index is 223. The van der Waals surface area contributed by atoms with Crippen LogP contribution in [0.1, 0.15) is 32.6 Å². The van der Waals surface area contributed by atoms with Crippen LogP contribution in [0.25, 0.3) is 0 Å². The maximum atomic E-state index is 3.51. The van der Waals surface area contributed by atoms with Gasteiger partial charge in [-0.1, -0.05) is 11.6 Å². The van der Waals surface area contributed by atoms with Gasteiger partial charge in [0.15, 0.2) is 0 Å². The molecule has 0 saturated heterocycles. The van der Waals surface area contributed by atoms with Gasteiger partial charge in [0.05, 0.1) is 0 Å². The molecule has 80 valence electrons. The van der Waals surface area contributed by atoms with Crippen LogP contribution in [0.5, 0.6) is 0 Å². The SMILES string of the molecule is CNC1(CN2CC=C(C)CC2)CCC1. The zero-order valence-electron chi connectivity index (χ0n) is 9.47. The van der Waals surface area contributed by atoms with Crippen molar-refractivity contribution >= 4 is 0 Å². The Kier molecular flexibility index (Phi) is 2.93. The third kappa shape index (κ3) is 2.01. The smallest absolute Gasteiger partial charge is 0.0306 e. The summed E-state index contributed by atoms with van der Waals surface area (Å²) >= 11 is 0. The summed E-state index contributed by atoms with van der Waals surface area (Å²) in [6, 6.07) is 0. The van der Waals surface area contributed by atoms with Gasteiger partial charge in [-0.25, -0.2) is 0 Å². The zero-order valence-corrected chi connectivity index (χ0v) is 9.47. The van der Waals surface area contributed by atoms with Crippen LogP contribution in [0.2, 0.25) is 0 Å². The van der Waals surface area contributed by atoms with Gasteiger partial charge in [-0.2, -0.15) is 0 Å². The molecule has 14 heavy (non-hydrogen) atoms. The molecule has 0 aromatic carbocycles. The molecule has 0 unspecified atom stereocenters. The fraction of sp³-hybridized carbons (Fsp3) is 0.833. The molecule has 1 fully saturated rings. The lowest BCUT2D eigenvalue weighted by atomic mass is 9.76. The molecule has 0 atom stereocenters. The molecule has 2 rings (SSSR count). The number of nitrogens with zero attached hydrogens (tertiary/aromatic N) is 1. The molecule has 2 aliphatic rings. The van der Waals surface area contributed by atoms with Gasteiger partial charge in [0.1, 0.15) is 0 Å². The highest BCUT2D eigenvalue weighted by atomic mass is 15.2. The zero-order chi connectivity index (χ0) is 10.0. The highest BCUT2D eigenvalue weighted by Gasteiger charge is 2.36. The largest absolute Gasteiger partial charge is 0.313 e. The monoisotopic (exact) mass is 194 g/mol. The molecule has 0 aromatic rings. The van der Waals surface area contributed by atoms with E-state index in [0.717, 1.165) is 6.54 Å². The van der Waals surface area contributed by atoms with Gasteiger partial charge in [0, 0.05) is 25.2 Å². The number of likely N-dealkylation sites (N-methyl/N-ethyl adjacent to an activating group) is 1. The highest BCUT2D eigenvalue weighted by Crippen LogP contribution is 2.32. The molecular weight excluding hydrogens is 172 g/mol. The van der Waals surface area contributed by atoms with Gasteiger partial charge < -0.3 is 5.32 Å². The van der Waals surface area contributed by atoms with E-state index in [1.54, 1.807) is 5.57 Å². The molecule has 1 aliphatic heterocycles.